The number of urea groups is 1. The van der Waals surface area contributed by atoms with Crippen molar-refractivity contribution in [2.24, 2.45) is 0 Å². The van der Waals surface area contributed by atoms with Gasteiger partial charge in [-0.3, -0.25) is 0 Å². The van der Waals surface area contributed by atoms with E-state index in [2.05, 4.69) is 10.6 Å². The topological polar surface area (TPSA) is 87.7 Å². The third-order valence-corrected chi connectivity index (χ3v) is 5.27. The van der Waals surface area contributed by atoms with Gasteiger partial charge in [0.25, 0.3) is 0 Å². The van der Waals surface area contributed by atoms with Crippen molar-refractivity contribution in [1.29, 1.82) is 0 Å². The second-order valence-corrected chi connectivity index (χ2v) is 7.62. The third-order valence-electron chi connectivity index (χ3n) is 4.94. The van der Waals surface area contributed by atoms with Crippen LogP contribution in [-0.4, -0.2) is 29.3 Å². The maximum atomic E-state index is 12.9. The molecule has 0 saturated heterocycles. The first-order chi connectivity index (χ1) is 14.6. The van der Waals surface area contributed by atoms with E-state index in [9.17, 15) is 22.8 Å². The van der Waals surface area contributed by atoms with Crippen molar-refractivity contribution in [1.82, 2.24) is 5.32 Å². The van der Waals surface area contributed by atoms with Crippen LogP contribution < -0.4 is 15.4 Å². The summed E-state index contributed by atoms with van der Waals surface area (Å²) in [6, 6.07) is 8.59. The van der Waals surface area contributed by atoms with Gasteiger partial charge in [0.05, 0.1) is 22.3 Å². The molecule has 3 N–H and O–H groups in total. The van der Waals surface area contributed by atoms with E-state index in [1.54, 1.807) is 12.1 Å². The Bertz CT molecular complexity index is 943. The number of carboxylic acids is 1. The van der Waals surface area contributed by atoms with Crippen molar-refractivity contribution in [3.8, 4) is 5.75 Å². The van der Waals surface area contributed by atoms with E-state index in [1.165, 1.54) is 18.2 Å². The SMILES string of the molecule is O=C(Nc1ccc(Cl)c(C(F)(F)F)c1)N[C@H]1CC[C@H](Oc2ccc(C(=O)O)cc2)CC1. The van der Waals surface area contributed by atoms with Gasteiger partial charge in [-0.1, -0.05) is 11.6 Å². The molecule has 0 aliphatic heterocycles. The Labute approximate surface area is 181 Å². The lowest BCUT2D eigenvalue weighted by atomic mass is 9.93. The summed E-state index contributed by atoms with van der Waals surface area (Å²) in [5, 5.41) is 13.6. The quantitative estimate of drug-likeness (QED) is 0.549. The second-order valence-electron chi connectivity index (χ2n) is 7.21. The highest BCUT2D eigenvalue weighted by Gasteiger charge is 2.33. The van der Waals surface area contributed by atoms with E-state index in [0.717, 1.165) is 12.1 Å². The molecule has 0 atom stereocenters. The van der Waals surface area contributed by atoms with Gasteiger partial charge >= 0.3 is 18.2 Å². The Hall–Kier alpha value is -2.94. The average molecular weight is 457 g/mol. The molecule has 0 spiro atoms. The third kappa shape index (κ3) is 6.27. The summed E-state index contributed by atoms with van der Waals surface area (Å²) in [5.41, 5.74) is -0.841. The number of amides is 2. The number of halogens is 4. The van der Waals surface area contributed by atoms with E-state index in [-0.39, 0.29) is 23.4 Å². The molecule has 3 rings (SSSR count). The number of alkyl halides is 3. The molecule has 1 aliphatic carbocycles. The van der Waals surface area contributed by atoms with Gasteiger partial charge in [0.2, 0.25) is 0 Å². The van der Waals surface area contributed by atoms with Crippen LogP contribution in [-0.2, 0) is 6.18 Å². The highest BCUT2D eigenvalue weighted by atomic mass is 35.5. The summed E-state index contributed by atoms with van der Waals surface area (Å²) in [5.74, 6) is -0.438. The standard InChI is InChI=1S/C21H20ClF3N2O4/c22-18-10-5-14(11-17(18)21(23,24)25)27-20(30)26-13-3-8-16(9-4-13)31-15-6-1-12(2-7-15)19(28)29/h1-2,5-7,10-11,13,16H,3-4,8-9H2,(H,28,29)(H2,26,27,30)/t13-,16-. The number of hydrogen-bond acceptors (Lipinski definition) is 3. The molecule has 0 unspecified atom stereocenters. The molecule has 166 valence electrons. The molecular weight excluding hydrogens is 437 g/mol. The number of aromatic carboxylic acids is 1. The lowest BCUT2D eigenvalue weighted by Gasteiger charge is -2.29. The number of carbonyl (C=O) groups is 2. The van der Waals surface area contributed by atoms with Gasteiger partial charge in [0.1, 0.15) is 5.75 Å². The van der Waals surface area contributed by atoms with Crippen LogP contribution in [0.15, 0.2) is 42.5 Å². The molecule has 0 heterocycles. The van der Waals surface area contributed by atoms with Crippen molar-refractivity contribution in [3.63, 3.8) is 0 Å². The monoisotopic (exact) mass is 456 g/mol. The number of nitrogens with one attached hydrogen (secondary N) is 2. The lowest BCUT2D eigenvalue weighted by molar-refractivity contribution is -0.137. The molecule has 2 aromatic rings. The maximum Gasteiger partial charge on any atom is 0.417 e. The fraction of sp³-hybridized carbons (Fsp3) is 0.333. The molecule has 6 nitrogen and oxygen atoms in total. The van der Waals surface area contributed by atoms with Crippen molar-refractivity contribution in [2.45, 2.75) is 44.0 Å². The molecule has 0 bridgehead atoms. The molecule has 1 saturated carbocycles. The van der Waals surface area contributed by atoms with E-state index >= 15 is 0 Å². The molecule has 0 aromatic heterocycles. The number of anilines is 1. The first-order valence-electron chi connectivity index (χ1n) is 9.56. The molecule has 2 aromatic carbocycles. The minimum absolute atomic E-state index is 0.00366. The van der Waals surface area contributed by atoms with Gasteiger partial charge in [-0.15, -0.1) is 0 Å². The van der Waals surface area contributed by atoms with E-state index < -0.39 is 28.8 Å². The van der Waals surface area contributed by atoms with Crippen LogP contribution in [0.2, 0.25) is 5.02 Å². The molecule has 10 heteroatoms. The summed E-state index contributed by atoms with van der Waals surface area (Å²) in [4.78, 5) is 23.1. The van der Waals surface area contributed by atoms with Gasteiger partial charge in [-0.2, -0.15) is 13.2 Å². The van der Waals surface area contributed by atoms with Gasteiger partial charge in [-0.05, 0) is 68.1 Å². The number of carboxylic acid groups (broad SMARTS) is 1. The van der Waals surface area contributed by atoms with Gasteiger partial charge in [0.15, 0.2) is 0 Å². The zero-order valence-corrected chi connectivity index (χ0v) is 17.0. The summed E-state index contributed by atoms with van der Waals surface area (Å²) < 4.78 is 44.7. The van der Waals surface area contributed by atoms with Crippen molar-refractivity contribution in [2.75, 3.05) is 5.32 Å². The van der Waals surface area contributed by atoms with Crippen LogP contribution in [0.1, 0.15) is 41.6 Å². The number of hydrogen-bond donors (Lipinski definition) is 3. The molecular formula is C21H20ClF3N2O4. The zero-order valence-electron chi connectivity index (χ0n) is 16.2. The predicted molar refractivity (Wildman–Crippen MR) is 109 cm³/mol. The normalized spacial score (nSPS) is 18.8. The number of rotatable bonds is 5. The Morgan fingerprint density at radius 2 is 1.68 bits per heavy atom. The van der Waals surface area contributed by atoms with Crippen LogP contribution in [0.3, 0.4) is 0 Å². The zero-order chi connectivity index (χ0) is 22.6. The summed E-state index contributed by atoms with van der Waals surface area (Å²) >= 11 is 5.58. The van der Waals surface area contributed by atoms with E-state index in [0.29, 0.717) is 31.4 Å². The van der Waals surface area contributed by atoms with Crippen LogP contribution in [0, 0.1) is 0 Å². The fourth-order valence-electron chi connectivity index (χ4n) is 3.37. The predicted octanol–water partition coefficient (Wildman–Crippen LogP) is 5.57. The maximum absolute atomic E-state index is 12.9. The number of benzene rings is 2. The Morgan fingerprint density at radius 1 is 1.03 bits per heavy atom. The van der Waals surface area contributed by atoms with Crippen molar-refractivity contribution < 1.29 is 32.6 Å². The van der Waals surface area contributed by atoms with Gasteiger partial charge in [-0.25, -0.2) is 9.59 Å². The molecule has 1 aliphatic rings. The van der Waals surface area contributed by atoms with Crippen molar-refractivity contribution >= 4 is 29.3 Å². The second kappa shape index (κ2) is 9.47. The van der Waals surface area contributed by atoms with Crippen molar-refractivity contribution in [3.05, 3.63) is 58.6 Å². The first kappa shape index (κ1) is 22.7. The number of carbonyl (C=O) groups excluding carboxylic acids is 1. The summed E-state index contributed by atoms with van der Waals surface area (Å²) in [6.45, 7) is 0. The van der Waals surface area contributed by atoms with E-state index in [4.69, 9.17) is 21.4 Å². The highest BCUT2D eigenvalue weighted by molar-refractivity contribution is 6.31. The van der Waals surface area contributed by atoms with Gasteiger partial charge in [0, 0.05) is 11.7 Å². The van der Waals surface area contributed by atoms with E-state index in [1.807, 2.05) is 0 Å². The van der Waals surface area contributed by atoms with Crippen LogP contribution in [0.5, 0.6) is 5.75 Å². The number of ether oxygens (including phenoxy) is 1. The van der Waals surface area contributed by atoms with Crippen LogP contribution >= 0.6 is 11.6 Å². The minimum Gasteiger partial charge on any atom is -0.490 e. The molecule has 1 fully saturated rings. The summed E-state index contributed by atoms with van der Waals surface area (Å²) in [6.07, 6.45) is -2.06. The Kier molecular flexibility index (Phi) is 6.94. The fourth-order valence-corrected chi connectivity index (χ4v) is 3.59. The Balaban J connectivity index is 1.47. The van der Waals surface area contributed by atoms with Crippen LogP contribution in [0.25, 0.3) is 0 Å². The molecule has 0 radical (unpaired) electrons. The average Bonchev–Trinajstić information content (AvgIpc) is 2.70. The largest absolute Gasteiger partial charge is 0.490 e. The Morgan fingerprint density at radius 3 is 2.26 bits per heavy atom. The smallest absolute Gasteiger partial charge is 0.417 e. The minimum atomic E-state index is -4.61. The molecule has 2 amide bonds. The summed E-state index contributed by atoms with van der Waals surface area (Å²) in [7, 11) is 0. The molecule has 31 heavy (non-hydrogen) atoms. The van der Waals surface area contributed by atoms with Crippen LogP contribution in [0.4, 0.5) is 23.7 Å². The lowest BCUT2D eigenvalue weighted by Crippen LogP contribution is -2.41. The highest BCUT2D eigenvalue weighted by Crippen LogP contribution is 2.36. The van der Waals surface area contributed by atoms with Gasteiger partial charge < -0.3 is 20.5 Å². The first-order valence-corrected chi connectivity index (χ1v) is 9.94.